The van der Waals surface area contributed by atoms with Gasteiger partial charge in [0.25, 0.3) is 0 Å². The molecule has 1 fully saturated rings. The largest absolute Gasteiger partial charge is 0.497 e. The maximum atomic E-state index is 13.1. The number of nitrogens with zero attached hydrogens (tertiary/aromatic N) is 1. The number of benzene rings is 3. The summed E-state index contributed by atoms with van der Waals surface area (Å²) >= 11 is 0. The molecule has 194 valence electrons. The number of aliphatic hydroxyl groups excluding tert-OH is 1. The van der Waals surface area contributed by atoms with E-state index in [1.54, 1.807) is 14.2 Å². The normalized spacial score (nSPS) is 15.4. The number of amides is 1. The number of hydrogen-bond donors (Lipinski definition) is 1. The van der Waals surface area contributed by atoms with Gasteiger partial charge in [-0.3, -0.25) is 9.59 Å². The van der Waals surface area contributed by atoms with Crippen LogP contribution in [0.3, 0.4) is 0 Å². The van der Waals surface area contributed by atoms with Gasteiger partial charge in [-0.05, 0) is 53.8 Å². The van der Waals surface area contributed by atoms with Crippen LogP contribution < -0.4 is 9.47 Å². The molecule has 1 amide bonds. The molecule has 7 nitrogen and oxygen atoms in total. The summed E-state index contributed by atoms with van der Waals surface area (Å²) in [4.78, 5) is 26.7. The predicted molar refractivity (Wildman–Crippen MR) is 140 cm³/mol. The molecular formula is C30H33NO6. The molecule has 1 aliphatic rings. The van der Waals surface area contributed by atoms with Gasteiger partial charge in [-0.25, -0.2) is 0 Å². The third-order valence-electron chi connectivity index (χ3n) is 6.92. The van der Waals surface area contributed by atoms with Gasteiger partial charge < -0.3 is 24.2 Å². The molecule has 0 bridgehead atoms. The molecule has 1 saturated heterocycles. The fraction of sp³-hybridized carbons (Fsp3) is 0.333. The van der Waals surface area contributed by atoms with Crippen LogP contribution in [0.5, 0.6) is 11.5 Å². The van der Waals surface area contributed by atoms with E-state index in [1.807, 2.05) is 78.9 Å². The topological polar surface area (TPSA) is 85.3 Å². The average Bonchev–Trinajstić information content (AvgIpc) is 3.46. The fourth-order valence-electron chi connectivity index (χ4n) is 5.04. The van der Waals surface area contributed by atoms with Crippen molar-refractivity contribution in [2.45, 2.75) is 30.9 Å². The van der Waals surface area contributed by atoms with E-state index in [4.69, 9.17) is 14.2 Å². The molecule has 0 spiro atoms. The number of ketones is 1. The number of likely N-dealkylation sites (tertiary alicyclic amines) is 1. The summed E-state index contributed by atoms with van der Waals surface area (Å²) in [6.07, 6.45) is 1.49. The molecule has 0 aromatic heterocycles. The van der Waals surface area contributed by atoms with Crippen LogP contribution in [0.15, 0.2) is 78.9 Å². The highest BCUT2D eigenvalue weighted by molar-refractivity contribution is 5.90. The Morgan fingerprint density at radius 1 is 0.865 bits per heavy atom. The summed E-state index contributed by atoms with van der Waals surface area (Å²) < 4.78 is 17.5. The Kier molecular flexibility index (Phi) is 8.58. The molecule has 1 N–H and O–H groups in total. The van der Waals surface area contributed by atoms with E-state index in [-0.39, 0.29) is 18.8 Å². The van der Waals surface area contributed by atoms with Crippen LogP contribution in [0.1, 0.15) is 36.0 Å². The quantitative estimate of drug-likeness (QED) is 0.399. The zero-order chi connectivity index (χ0) is 26.3. The lowest BCUT2D eigenvalue weighted by Gasteiger charge is -2.36. The minimum atomic E-state index is -1.00. The molecule has 4 rings (SSSR count). The average molecular weight is 504 g/mol. The van der Waals surface area contributed by atoms with Crippen LogP contribution in [-0.2, 0) is 19.9 Å². The van der Waals surface area contributed by atoms with Crippen molar-refractivity contribution in [2.75, 3.05) is 34.0 Å². The standard InChI is InChI=1S/C30H33NO6/c1-35-25-14-10-23(11-15-25)30(22-7-4-3-5-8-22,24-12-16-26(36-2)17-13-24)37-20-18-28(33)27-9-6-19-31(27)29(34)21-32/h3-5,7-8,10-17,27,32H,6,9,18-21H2,1-2H3/t27-/m0/s1. The summed E-state index contributed by atoms with van der Waals surface area (Å²) in [5.41, 5.74) is 1.68. The molecule has 7 heteroatoms. The molecule has 3 aromatic rings. The van der Waals surface area contributed by atoms with Crippen molar-refractivity contribution in [3.05, 3.63) is 95.6 Å². The van der Waals surface area contributed by atoms with Crippen LogP contribution in [-0.4, -0.2) is 61.7 Å². The van der Waals surface area contributed by atoms with Crippen LogP contribution in [0.2, 0.25) is 0 Å². The van der Waals surface area contributed by atoms with Crippen molar-refractivity contribution >= 4 is 11.7 Å². The van der Waals surface area contributed by atoms with Gasteiger partial charge in [0.2, 0.25) is 5.91 Å². The molecule has 1 aliphatic heterocycles. The van der Waals surface area contributed by atoms with E-state index in [1.165, 1.54) is 4.90 Å². The highest BCUT2D eigenvalue weighted by Crippen LogP contribution is 2.41. The van der Waals surface area contributed by atoms with Crippen molar-refractivity contribution in [1.82, 2.24) is 4.90 Å². The summed E-state index contributed by atoms with van der Waals surface area (Å²) in [7, 11) is 3.25. The van der Waals surface area contributed by atoms with Gasteiger partial charge in [-0.1, -0.05) is 54.6 Å². The van der Waals surface area contributed by atoms with Crippen molar-refractivity contribution in [3.8, 4) is 11.5 Å². The molecule has 0 radical (unpaired) electrons. The lowest BCUT2D eigenvalue weighted by Crippen LogP contribution is -2.42. The lowest BCUT2D eigenvalue weighted by atomic mass is 9.80. The van der Waals surface area contributed by atoms with Crippen molar-refractivity contribution in [1.29, 1.82) is 0 Å². The minimum Gasteiger partial charge on any atom is -0.497 e. The minimum absolute atomic E-state index is 0.0641. The number of rotatable bonds is 11. The number of Topliss-reactive ketones (excluding diaryl/α,β-unsaturated/α-hetero) is 1. The Balaban J connectivity index is 1.70. The summed E-state index contributed by atoms with van der Waals surface area (Å²) in [5, 5.41) is 9.29. The fourth-order valence-corrected chi connectivity index (χ4v) is 5.04. The van der Waals surface area contributed by atoms with Crippen LogP contribution in [0.4, 0.5) is 0 Å². The van der Waals surface area contributed by atoms with E-state index in [0.717, 1.165) is 34.6 Å². The summed E-state index contributed by atoms with van der Waals surface area (Å²) in [6, 6.07) is 24.8. The first-order valence-corrected chi connectivity index (χ1v) is 12.4. The number of carbonyl (C=O) groups excluding carboxylic acids is 2. The smallest absolute Gasteiger partial charge is 0.248 e. The lowest BCUT2D eigenvalue weighted by molar-refractivity contribution is -0.140. The van der Waals surface area contributed by atoms with Crippen molar-refractivity contribution in [3.63, 3.8) is 0 Å². The molecule has 1 heterocycles. The highest BCUT2D eigenvalue weighted by Gasteiger charge is 2.39. The predicted octanol–water partition coefficient (Wildman–Crippen LogP) is 3.95. The molecule has 0 unspecified atom stereocenters. The second-order valence-electron chi connectivity index (χ2n) is 8.97. The third kappa shape index (κ3) is 5.53. The second kappa shape index (κ2) is 12.0. The molecule has 37 heavy (non-hydrogen) atoms. The number of aliphatic hydroxyl groups is 1. The number of methoxy groups -OCH3 is 2. The molecule has 0 saturated carbocycles. The van der Waals surface area contributed by atoms with E-state index in [0.29, 0.717) is 13.0 Å². The van der Waals surface area contributed by atoms with E-state index >= 15 is 0 Å². The summed E-state index contributed by atoms with van der Waals surface area (Å²) in [5.74, 6) is 0.980. The third-order valence-corrected chi connectivity index (χ3v) is 6.92. The van der Waals surface area contributed by atoms with Crippen molar-refractivity contribution in [2.24, 2.45) is 0 Å². The van der Waals surface area contributed by atoms with E-state index in [2.05, 4.69) is 0 Å². The first-order chi connectivity index (χ1) is 18.0. The number of ether oxygens (including phenoxy) is 3. The van der Waals surface area contributed by atoms with Gasteiger partial charge in [0.1, 0.15) is 23.7 Å². The second-order valence-corrected chi connectivity index (χ2v) is 8.97. The zero-order valence-electron chi connectivity index (χ0n) is 21.3. The van der Waals surface area contributed by atoms with E-state index in [9.17, 15) is 14.7 Å². The van der Waals surface area contributed by atoms with Crippen molar-refractivity contribution < 1.29 is 28.9 Å². The SMILES string of the molecule is COc1ccc(C(OCCC(=O)[C@@H]2CCCN2C(=O)CO)(c2ccccc2)c2ccc(OC)cc2)cc1. The van der Waals surface area contributed by atoms with Crippen LogP contribution in [0, 0.1) is 0 Å². The van der Waals surface area contributed by atoms with Crippen LogP contribution >= 0.6 is 0 Å². The van der Waals surface area contributed by atoms with Gasteiger partial charge in [-0.15, -0.1) is 0 Å². The van der Waals surface area contributed by atoms with Gasteiger partial charge in [0, 0.05) is 13.0 Å². The van der Waals surface area contributed by atoms with Gasteiger partial charge >= 0.3 is 0 Å². The Labute approximate surface area is 217 Å². The van der Waals surface area contributed by atoms with Gasteiger partial charge in [0.05, 0.1) is 26.9 Å². The maximum Gasteiger partial charge on any atom is 0.248 e. The molecule has 3 aromatic carbocycles. The van der Waals surface area contributed by atoms with Gasteiger partial charge in [0.15, 0.2) is 5.78 Å². The van der Waals surface area contributed by atoms with Crippen LogP contribution in [0.25, 0.3) is 0 Å². The highest BCUT2D eigenvalue weighted by atomic mass is 16.5. The monoisotopic (exact) mass is 503 g/mol. The Hall–Kier alpha value is -3.68. The number of carbonyl (C=O) groups is 2. The number of hydrogen-bond acceptors (Lipinski definition) is 6. The Morgan fingerprint density at radius 3 is 1.92 bits per heavy atom. The van der Waals surface area contributed by atoms with E-state index < -0.39 is 24.2 Å². The Bertz CT molecular complexity index is 1130. The van der Waals surface area contributed by atoms with Gasteiger partial charge in [-0.2, -0.15) is 0 Å². The Morgan fingerprint density at radius 2 is 1.41 bits per heavy atom. The first kappa shape index (κ1) is 26.4. The zero-order valence-corrected chi connectivity index (χ0v) is 21.3. The maximum absolute atomic E-state index is 13.1. The molecule has 1 atom stereocenters. The molecule has 0 aliphatic carbocycles. The first-order valence-electron chi connectivity index (χ1n) is 12.4. The molecular weight excluding hydrogens is 470 g/mol. The summed E-state index contributed by atoms with van der Waals surface area (Å²) in [6.45, 7) is 0.0398.